The number of nitrogens with one attached hydrogen (secondary N) is 1. The first kappa shape index (κ1) is 20.4. The summed E-state index contributed by atoms with van der Waals surface area (Å²) in [6.07, 6.45) is 1.59. The topological polar surface area (TPSA) is 111 Å². The van der Waals surface area contributed by atoms with E-state index in [0.717, 1.165) is 5.56 Å². The van der Waals surface area contributed by atoms with Gasteiger partial charge in [0.15, 0.2) is 22.3 Å². The molecule has 2 N–H and O–H groups in total. The lowest BCUT2D eigenvalue weighted by atomic mass is 10.2. The van der Waals surface area contributed by atoms with Crippen LogP contribution in [0.3, 0.4) is 0 Å². The number of sulfone groups is 1. The van der Waals surface area contributed by atoms with Crippen LogP contribution in [0.15, 0.2) is 59.6 Å². The molecule has 0 radical (unpaired) electrons. The number of hydrogen-bond donors (Lipinski definition) is 2. The molecule has 0 saturated carbocycles. The fraction of sp³-hybridized carbons (Fsp3) is 0.200. The molecule has 0 bridgehead atoms. The third-order valence-electron chi connectivity index (χ3n) is 4.27. The molecule has 0 fully saturated rings. The number of aromatic hydroxyl groups is 1. The van der Waals surface area contributed by atoms with Gasteiger partial charge < -0.3 is 15.2 Å². The van der Waals surface area contributed by atoms with Crippen LogP contribution in [0.5, 0.6) is 11.5 Å². The summed E-state index contributed by atoms with van der Waals surface area (Å²) >= 11 is 0. The quantitative estimate of drug-likeness (QED) is 0.574. The predicted octanol–water partition coefficient (Wildman–Crippen LogP) is 2.98. The van der Waals surface area contributed by atoms with Crippen molar-refractivity contribution in [3.05, 3.63) is 66.0 Å². The number of carbonyl (C=O) groups excluding carboxylic acids is 1. The van der Waals surface area contributed by atoms with Gasteiger partial charge in [0.1, 0.15) is 11.5 Å². The van der Waals surface area contributed by atoms with Crippen molar-refractivity contribution in [3.63, 3.8) is 0 Å². The van der Waals surface area contributed by atoms with E-state index >= 15 is 0 Å². The summed E-state index contributed by atoms with van der Waals surface area (Å²) in [4.78, 5) is 12.5. The highest BCUT2D eigenvalue weighted by atomic mass is 32.2. The predicted molar refractivity (Wildman–Crippen MR) is 108 cm³/mol. The van der Waals surface area contributed by atoms with E-state index in [0.29, 0.717) is 5.75 Å². The van der Waals surface area contributed by atoms with Gasteiger partial charge in [0.25, 0.3) is 5.91 Å². The third kappa shape index (κ3) is 4.75. The first-order chi connectivity index (χ1) is 13.8. The zero-order chi connectivity index (χ0) is 21.0. The van der Waals surface area contributed by atoms with Crippen LogP contribution in [0.25, 0.3) is 0 Å². The van der Waals surface area contributed by atoms with Crippen molar-refractivity contribution in [1.82, 2.24) is 9.78 Å². The molecule has 2 aromatic carbocycles. The second kappa shape index (κ2) is 8.36. The second-order valence-corrected chi connectivity index (χ2v) is 8.59. The Morgan fingerprint density at radius 2 is 1.97 bits per heavy atom. The SMILES string of the molecule is CCS(=O)(=O)c1ccc(O)c(NC(=O)c2ccn(COc3ccccc3C)n2)c1. The molecule has 3 rings (SSSR count). The summed E-state index contributed by atoms with van der Waals surface area (Å²) in [5, 5.41) is 16.6. The smallest absolute Gasteiger partial charge is 0.276 e. The largest absolute Gasteiger partial charge is 0.506 e. The van der Waals surface area contributed by atoms with Crippen LogP contribution in [0, 0.1) is 6.92 Å². The van der Waals surface area contributed by atoms with Crippen molar-refractivity contribution < 1.29 is 23.1 Å². The normalized spacial score (nSPS) is 11.2. The number of hydrogen-bond acceptors (Lipinski definition) is 6. The van der Waals surface area contributed by atoms with Gasteiger partial charge in [-0.05, 0) is 42.8 Å². The van der Waals surface area contributed by atoms with Gasteiger partial charge in [-0.3, -0.25) is 4.79 Å². The Bertz CT molecular complexity index is 1140. The number of nitrogens with zero attached hydrogens (tertiary/aromatic N) is 2. The van der Waals surface area contributed by atoms with E-state index in [9.17, 15) is 18.3 Å². The van der Waals surface area contributed by atoms with E-state index in [1.165, 1.54) is 35.9 Å². The molecule has 1 amide bonds. The second-order valence-electron chi connectivity index (χ2n) is 6.32. The molecule has 152 valence electrons. The van der Waals surface area contributed by atoms with Crippen molar-refractivity contribution in [3.8, 4) is 11.5 Å². The Balaban J connectivity index is 1.71. The lowest BCUT2D eigenvalue weighted by Gasteiger charge is -2.09. The van der Waals surface area contributed by atoms with Crippen molar-refractivity contribution >= 4 is 21.4 Å². The van der Waals surface area contributed by atoms with Crippen LogP contribution in [-0.4, -0.2) is 35.0 Å². The van der Waals surface area contributed by atoms with Gasteiger partial charge in [-0.2, -0.15) is 5.10 Å². The van der Waals surface area contributed by atoms with Crippen molar-refractivity contribution in [2.45, 2.75) is 25.5 Å². The number of phenolic OH excluding ortho intramolecular Hbond substituents is 1. The van der Waals surface area contributed by atoms with Gasteiger partial charge in [0.05, 0.1) is 16.3 Å². The van der Waals surface area contributed by atoms with E-state index in [2.05, 4.69) is 10.4 Å². The molecule has 0 spiro atoms. The molecule has 1 heterocycles. The number of phenols is 1. The van der Waals surface area contributed by atoms with Gasteiger partial charge in [0, 0.05) is 6.20 Å². The van der Waals surface area contributed by atoms with E-state index in [1.54, 1.807) is 6.20 Å². The number of benzene rings is 2. The maximum atomic E-state index is 12.5. The maximum absolute atomic E-state index is 12.5. The average molecular weight is 415 g/mol. The molecule has 0 aliphatic heterocycles. The standard InChI is InChI=1S/C20H21N3O5S/c1-3-29(26,27)15-8-9-18(24)17(12-15)21-20(25)16-10-11-23(22-16)13-28-19-7-5-4-6-14(19)2/h4-12,24H,3,13H2,1-2H3,(H,21,25). The van der Waals surface area contributed by atoms with Crippen molar-refractivity contribution in [2.75, 3.05) is 11.1 Å². The van der Waals surface area contributed by atoms with Crippen LogP contribution in [-0.2, 0) is 16.6 Å². The first-order valence-corrected chi connectivity index (χ1v) is 10.5. The summed E-state index contributed by atoms with van der Waals surface area (Å²) < 4.78 is 31.2. The van der Waals surface area contributed by atoms with Crippen LogP contribution in [0.1, 0.15) is 23.0 Å². The highest BCUT2D eigenvalue weighted by molar-refractivity contribution is 7.91. The molecule has 9 heteroatoms. The zero-order valence-corrected chi connectivity index (χ0v) is 16.8. The van der Waals surface area contributed by atoms with E-state index in [-0.39, 0.29) is 34.5 Å². The molecule has 0 aliphatic carbocycles. The summed E-state index contributed by atoms with van der Waals surface area (Å²) in [5.74, 6) is -0.194. The van der Waals surface area contributed by atoms with Gasteiger partial charge in [-0.1, -0.05) is 25.1 Å². The van der Waals surface area contributed by atoms with Gasteiger partial charge in [-0.25, -0.2) is 13.1 Å². The summed E-state index contributed by atoms with van der Waals surface area (Å²) in [6, 6.07) is 12.8. The summed E-state index contributed by atoms with van der Waals surface area (Å²) in [7, 11) is -3.47. The Morgan fingerprint density at radius 3 is 2.69 bits per heavy atom. The Hall–Kier alpha value is -3.33. The van der Waals surface area contributed by atoms with Crippen LogP contribution < -0.4 is 10.1 Å². The highest BCUT2D eigenvalue weighted by Crippen LogP contribution is 2.27. The van der Waals surface area contributed by atoms with Crippen LogP contribution in [0.4, 0.5) is 5.69 Å². The Morgan fingerprint density at radius 1 is 1.21 bits per heavy atom. The minimum Gasteiger partial charge on any atom is -0.506 e. The van der Waals surface area contributed by atoms with E-state index in [4.69, 9.17) is 4.74 Å². The van der Waals surface area contributed by atoms with Gasteiger partial charge in [-0.15, -0.1) is 0 Å². The molecule has 0 saturated heterocycles. The molecule has 1 aromatic heterocycles. The fourth-order valence-corrected chi connectivity index (χ4v) is 3.48. The number of aryl methyl sites for hydroxylation is 1. The van der Waals surface area contributed by atoms with Crippen molar-refractivity contribution in [2.24, 2.45) is 0 Å². The number of rotatable bonds is 7. The van der Waals surface area contributed by atoms with Crippen molar-refractivity contribution in [1.29, 1.82) is 0 Å². The molecule has 3 aromatic rings. The minimum absolute atomic E-state index is 0.00441. The monoisotopic (exact) mass is 415 g/mol. The molecule has 0 unspecified atom stereocenters. The molecule has 0 aliphatic rings. The number of anilines is 1. The number of aromatic nitrogens is 2. The Kier molecular flexibility index (Phi) is 5.88. The highest BCUT2D eigenvalue weighted by Gasteiger charge is 2.17. The van der Waals surface area contributed by atoms with E-state index in [1.807, 2.05) is 31.2 Å². The minimum atomic E-state index is -3.47. The lowest BCUT2D eigenvalue weighted by Crippen LogP contribution is -2.15. The fourth-order valence-electron chi connectivity index (χ4n) is 2.57. The Labute approximate surface area is 168 Å². The number of ether oxygens (including phenoxy) is 1. The number of amides is 1. The van der Waals surface area contributed by atoms with Gasteiger partial charge >= 0.3 is 0 Å². The van der Waals surface area contributed by atoms with E-state index < -0.39 is 15.7 Å². The van der Waals surface area contributed by atoms with Crippen LogP contribution in [0.2, 0.25) is 0 Å². The lowest BCUT2D eigenvalue weighted by molar-refractivity contribution is 0.101. The molecular formula is C20H21N3O5S. The first-order valence-electron chi connectivity index (χ1n) is 8.89. The van der Waals surface area contributed by atoms with Gasteiger partial charge in [0.2, 0.25) is 0 Å². The number of para-hydroxylation sites is 1. The molecule has 29 heavy (non-hydrogen) atoms. The summed E-state index contributed by atoms with van der Waals surface area (Å²) in [6.45, 7) is 3.57. The summed E-state index contributed by atoms with van der Waals surface area (Å²) in [5.41, 5.74) is 1.08. The third-order valence-corrected chi connectivity index (χ3v) is 6.01. The average Bonchev–Trinajstić information content (AvgIpc) is 3.18. The molecule has 8 nitrogen and oxygen atoms in total. The molecule has 0 atom stereocenters. The zero-order valence-electron chi connectivity index (χ0n) is 16.0. The number of carbonyl (C=O) groups is 1. The maximum Gasteiger partial charge on any atom is 0.276 e. The van der Waals surface area contributed by atoms with Crippen LogP contribution >= 0.6 is 0 Å². The molecular weight excluding hydrogens is 394 g/mol.